The highest BCUT2D eigenvalue weighted by Gasteiger charge is 2.07. The summed E-state index contributed by atoms with van der Waals surface area (Å²) < 4.78 is 0. The number of benzene rings is 1. The highest BCUT2D eigenvalue weighted by Crippen LogP contribution is 2.15. The van der Waals surface area contributed by atoms with Crippen LogP contribution >= 0.6 is 0 Å². The maximum atomic E-state index is 2.34. The topological polar surface area (TPSA) is 0 Å². The zero-order valence-corrected chi connectivity index (χ0v) is 7.67. The van der Waals surface area contributed by atoms with Gasteiger partial charge >= 0.3 is 0 Å². The minimum Gasteiger partial charge on any atom is -0.0761 e. The summed E-state index contributed by atoms with van der Waals surface area (Å²) in [4.78, 5) is 0. The maximum Gasteiger partial charge on any atom is -0.0190 e. The number of fused-ring (bicyclic) bond motifs is 1. The molecular weight excluding hydrogens is 144 g/mol. The summed E-state index contributed by atoms with van der Waals surface area (Å²) in [5.41, 5.74) is 1.54. The average Bonchev–Trinajstić information content (AvgIpc) is 2.12. The highest BCUT2D eigenvalue weighted by molar-refractivity contribution is 5.51. The monoisotopic (exact) mass is 158 g/mol. The van der Waals surface area contributed by atoms with Crippen molar-refractivity contribution in [3.63, 3.8) is 0 Å². The molecule has 1 unspecified atom stereocenters. The first-order valence-corrected chi connectivity index (χ1v) is 4.55. The largest absolute Gasteiger partial charge is 0.0761 e. The third-order valence-corrected chi connectivity index (χ3v) is 2.82. The molecule has 0 radical (unpaired) electrons. The Hall–Kier alpha value is -1.04. The molecule has 1 aliphatic rings. The molecule has 1 aromatic rings. The van der Waals surface area contributed by atoms with Crippen LogP contribution in [0.15, 0.2) is 24.3 Å². The van der Waals surface area contributed by atoms with E-state index < -0.39 is 0 Å². The van der Waals surface area contributed by atoms with E-state index in [-0.39, 0.29) is 0 Å². The lowest BCUT2D eigenvalue weighted by molar-refractivity contribution is 0.767. The Morgan fingerprint density at radius 1 is 1.25 bits per heavy atom. The minimum atomic E-state index is 0.722. The Morgan fingerprint density at radius 2 is 2.00 bits per heavy atom. The third kappa shape index (κ3) is 1.08. The molecule has 0 N–H and O–H groups in total. The summed E-state index contributed by atoms with van der Waals surface area (Å²) in [5, 5.41) is 2.85. The van der Waals surface area contributed by atoms with Gasteiger partial charge in [0.05, 0.1) is 0 Å². The fourth-order valence-electron chi connectivity index (χ4n) is 1.78. The highest BCUT2D eigenvalue weighted by atomic mass is 14.1. The molecule has 0 nitrogen and oxygen atoms in total. The van der Waals surface area contributed by atoms with Crippen LogP contribution in [0, 0.1) is 5.92 Å². The van der Waals surface area contributed by atoms with Crippen molar-refractivity contribution in [3.8, 4) is 0 Å². The van der Waals surface area contributed by atoms with Crippen molar-refractivity contribution in [3.05, 3.63) is 34.7 Å². The van der Waals surface area contributed by atoms with E-state index >= 15 is 0 Å². The predicted octanol–water partition coefficient (Wildman–Crippen LogP) is 1.68. The van der Waals surface area contributed by atoms with Crippen LogP contribution in [0.4, 0.5) is 0 Å². The van der Waals surface area contributed by atoms with Gasteiger partial charge in [-0.25, -0.2) is 0 Å². The fourth-order valence-corrected chi connectivity index (χ4v) is 1.78. The molecule has 12 heavy (non-hydrogen) atoms. The van der Waals surface area contributed by atoms with Gasteiger partial charge in [0.2, 0.25) is 0 Å². The summed E-state index contributed by atoms with van der Waals surface area (Å²) in [6, 6.07) is 8.65. The lowest BCUT2D eigenvalue weighted by Gasteiger charge is -2.14. The lowest BCUT2D eigenvalue weighted by atomic mass is 9.91. The van der Waals surface area contributed by atoms with Crippen LogP contribution in [0.5, 0.6) is 0 Å². The molecular formula is C12H14. The Morgan fingerprint density at radius 3 is 2.83 bits per heavy atom. The fraction of sp³-hybridized carbons (Fsp3) is 0.333. The molecule has 0 saturated heterocycles. The van der Waals surface area contributed by atoms with Crippen LogP contribution in [0.3, 0.4) is 0 Å². The molecule has 0 aliphatic heterocycles. The zero-order chi connectivity index (χ0) is 8.55. The van der Waals surface area contributed by atoms with Crippen molar-refractivity contribution in [1.29, 1.82) is 0 Å². The predicted molar refractivity (Wildman–Crippen MR) is 53.0 cm³/mol. The van der Waals surface area contributed by atoms with E-state index in [2.05, 4.69) is 44.2 Å². The Labute approximate surface area is 73.2 Å². The molecule has 0 saturated carbocycles. The first kappa shape index (κ1) is 7.60. The van der Waals surface area contributed by atoms with E-state index in [0.717, 1.165) is 5.92 Å². The second-order valence-electron chi connectivity index (χ2n) is 3.61. The summed E-state index contributed by atoms with van der Waals surface area (Å²) >= 11 is 0. The van der Waals surface area contributed by atoms with Crippen molar-refractivity contribution >= 4 is 11.6 Å². The number of rotatable bonds is 0. The van der Waals surface area contributed by atoms with Crippen LogP contribution in [-0.4, -0.2) is 0 Å². The molecule has 0 bridgehead atoms. The van der Waals surface area contributed by atoms with E-state index in [1.54, 1.807) is 0 Å². The van der Waals surface area contributed by atoms with Gasteiger partial charge in [-0.3, -0.25) is 0 Å². The molecule has 0 heterocycles. The van der Waals surface area contributed by atoms with Crippen LogP contribution in [-0.2, 0) is 0 Å². The van der Waals surface area contributed by atoms with Crippen molar-refractivity contribution < 1.29 is 0 Å². The molecule has 0 spiro atoms. The first-order chi connectivity index (χ1) is 5.79. The van der Waals surface area contributed by atoms with Crippen LogP contribution in [0.2, 0.25) is 0 Å². The second kappa shape index (κ2) is 2.78. The van der Waals surface area contributed by atoms with Gasteiger partial charge < -0.3 is 0 Å². The molecule has 1 aliphatic carbocycles. The Balaban J connectivity index is 2.83. The SMILES string of the molecule is CC1=c2ccccc2=CCC1C. The molecule has 2 rings (SSSR count). The molecule has 0 heteroatoms. The van der Waals surface area contributed by atoms with Gasteiger partial charge in [0, 0.05) is 0 Å². The van der Waals surface area contributed by atoms with E-state index in [1.807, 2.05) is 0 Å². The van der Waals surface area contributed by atoms with Gasteiger partial charge in [0.15, 0.2) is 0 Å². The van der Waals surface area contributed by atoms with Crippen molar-refractivity contribution in [2.75, 3.05) is 0 Å². The first-order valence-electron chi connectivity index (χ1n) is 4.55. The van der Waals surface area contributed by atoms with Gasteiger partial charge in [-0.05, 0) is 29.7 Å². The number of hydrogen-bond donors (Lipinski definition) is 0. The summed E-state index contributed by atoms with van der Waals surface area (Å²) in [6.07, 6.45) is 3.54. The van der Waals surface area contributed by atoms with Gasteiger partial charge in [-0.1, -0.05) is 42.8 Å². The molecule has 1 aromatic carbocycles. The minimum absolute atomic E-state index is 0.722. The van der Waals surface area contributed by atoms with E-state index in [4.69, 9.17) is 0 Å². The second-order valence-corrected chi connectivity index (χ2v) is 3.61. The molecule has 62 valence electrons. The zero-order valence-electron chi connectivity index (χ0n) is 7.67. The summed E-state index contributed by atoms with van der Waals surface area (Å²) in [5.74, 6) is 0.722. The van der Waals surface area contributed by atoms with Crippen molar-refractivity contribution in [2.45, 2.75) is 20.3 Å². The van der Waals surface area contributed by atoms with Crippen LogP contribution < -0.4 is 10.4 Å². The number of hydrogen-bond acceptors (Lipinski definition) is 0. The van der Waals surface area contributed by atoms with E-state index in [0.29, 0.717) is 0 Å². The maximum absolute atomic E-state index is 2.34. The Bertz CT molecular complexity index is 398. The summed E-state index contributed by atoms with van der Waals surface area (Å²) in [7, 11) is 0. The van der Waals surface area contributed by atoms with E-state index in [9.17, 15) is 0 Å². The molecule has 1 atom stereocenters. The summed E-state index contributed by atoms with van der Waals surface area (Å²) in [6.45, 7) is 4.54. The van der Waals surface area contributed by atoms with Crippen molar-refractivity contribution in [2.24, 2.45) is 5.92 Å². The quantitative estimate of drug-likeness (QED) is 0.539. The lowest BCUT2D eigenvalue weighted by Crippen LogP contribution is -2.30. The van der Waals surface area contributed by atoms with Gasteiger partial charge in [-0.15, -0.1) is 0 Å². The standard InChI is InChI=1S/C12H14/c1-9-7-8-11-5-3-4-6-12(11)10(9)2/h3-6,8-9H,7H2,1-2H3. The molecule has 0 aromatic heterocycles. The normalized spacial score (nSPS) is 21.5. The smallest absolute Gasteiger partial charge is 0.0190 e. The average molecular weight is 158 g/mol. The van der Waals surface area contributed by atoms with Gasteiger partial charge in [-0.2, -0.15) is 0 Å². The van der Waals surface area contributed by atoms with E-state index in [1.165, 1.54) is 22.4 Å². The van der Waals surface area contributed by atoms with Crippen molar-refractivity contribution in [1.82, 2.24) is 0 Å². The van der Waals surface area contributed by atoms with Crippen LogP contribution in [0.25, 0.3) is 11.6 Å². The van der Waals surface area contributed by atoms with Gasteiger partial charge in [0.1, 0.15) is 0 Å². The van der Waals surface area contributed by atoms with Crippen LogP contribution in [0.1, 0.15) is 20.3 Å². The molecule has 0 amide bonds. The third-order valence-electron chi connectivity index (χ3n) is 2.82. The Kier molecular flexibility index (Phi) is 1.76. The molecule has 0 fully saturated rings. The van der Waals surface area contributed by atoms with Gasteiger partial charge in [0.25, 0.3) is 0 Å².